The summed E-state index contributed by atoms with van der Waals surface area (Å²) >= 11 is 3.33. The predicted molar refractivity (Wildman–Crippen MR) is 72.1 cm³/mol. The van der Waals surface area contributed by atoms with E-state index < -0.39 is 0 Å². The normalized spacial score (nSPS) is 10.2. The Bertz CT molecular complexity index is 511. The molecule has 0 atom stereocenters. The minimum Gasteiger partial charge on any atom is -0.508 e. The van der Waals surface area contributed by atoms with Gasteiger partial charge in [-0.15, -0.1) is 0 Å². The molecule has 0 unspecified atom stereocenters. The number of aromatic hydroxyl groups is 1. The van der Waals surface area contributed by atoms with E-state index in [9.17, 15) is 5.11 Å². The molecule has 0 aliphatic carbocycles. The Labute approximate surface area is 109 Å². The number of nitrogens with zero attached hydrogens (tertiary/aromatic N) is 1. The van der Waals surface area contributed by atoms with Gasteiger partial charge >= 0.3 is 0 Å². The number of nitrogens with one attached hydrogen (secondary N) is 1. The van der Waals surface area contributed by atoms with Crippen molar-refractivity contribution in [3.05, 3.63) is 52.3 Å². The second-order valence-electron chi connectivity index (χ2n) is 3.79. The molecule has 0 amide bonds. The highest BCUT2D eigenvalue weighted by Gasteiger charge is 2.00. The number of halogens is 1. The van der Waals surface area contributed by atoms with Crippen molar-refractivity contribution in [3.63, 3.8) is 0 Å². The van der Waals surface area contributed by atoms with Gasteiger partial charge in [0.2, 0.25) is 0 Å². The van der Waals surface area contributed by atoms with E-state index in [0.717, 1.165) is 21.5 Å². The van der Waals surface area contributed by atoms with Gasteiger partial charge in [0.05, 0.1) is 11.4 Å². The first kappa shape index (κ1) is 11.9. The number of benzene rings is 1. The van der Waals surface area contributed by atoms with E-state index in [2.05, 4.69) is 26.2 Å². The summed E-state index contributed by atoms with van der Waals surface area (Å²) in [5, 5.41) is 12.5. The van der Waals surface area contributed by atoms with Crippen molar-refractivity contribution in [1.29, 1.82) is 0 Å². The molecule has 1 aromatic carbocycles. The van der Waals surface area contributed by atoms with Crippen molar-refractivity contribution in [1.82, 2.24) is 4.98 Å². The summed E-state index contributed by atoms with van der Waals surface area (Å²) in [6.45, 7) is 2.67. The minimum atomic E-state index is 0.287. The van der Waals surface area contributed by atoms with Crippen LogP contribution in [0.25, 0.3) is 0 Å². The first-order valence-electron chi connectivity index (χ1n) is 5.30. The molecule has 0 radical (unpaired) electrons. The van der Waals surface area contributed by atoms with Gasteiger partial charge in [-0.3, -0.25) is 0 Å². The molecule has 0 aliphatic heterocycles. The van der Waals surface area contributed by atoms with Crippen LogP contribution >= 0.6 is 15.9 Å². The molecule has 0 aliphatic rings. The number of aryl methyl sites for hydroxylation is 1. The third-order valence-electron chi connectivity index (χ3n) is 2.47. The standard InChI is InChI=1S/C13H13BrN2O/c1-9-12(6-7-13(14)16-9)15-8-10-2-4-11(17)5-3-10/h2-7,15,17H,8H2,1H3. The molecular formula is C13H13BrN2O. The van der Waals surface area contributed by atoms with Crippen LogP contribution in [0, 0.1) is 6.92 Å². The summed E-state index contributed by atoms with van der Waals surface area (Å²) in [6, 6.07) is 11.1. The van der Waals surface area contributed by atoms with Crippen molar-refractivity contribution in [2.24, 2.45) is 0 Å². The van der Waals surface area contributed by atoms with Crippen molar-refractivity contribution in [2.75, 3.05) is 5.32 Å². The maximum atomic E-state index is 9.18. The summed E-state index contributed by atoms with van der Waals surface area (Å²) in [7, 11) is 0. The van der Waals surface area contributed by atoms with Crippen molar-refractivity contribution >= 4 is 21.6 Å². The summed E-state index contributed by atoms with van der Waals surface area (Å²) in [6.07, 6.45) is 0. The highest BCUT2D eigenvalue weighted by molar-refractivity contribution is 9.10. The second kappa shape index (κ2) is 5.19. The number of phenols is 1. The summed E-state index contributed by atoms with van der Waals surface area (Å²) < 4.78 is 0.838. The Kier molecular flexibility index (Phi) is 3.64. The van der Waals surface area contributed by atoms with E-state index in [1.54, 1.807) is 12.1 Å². The zero-order chi connectivity index (χ0) is 12.3. The van der Waals surface area contributed by atoms with Gasteiger partial charge in [0.25, 0.3) is 0 Å². The van der Waals surface area contributed by atoms with Crippen LogP contribution in [0.4, 0.5) is 5.69 Å². The lowest BCUT2D eigenvalue weighted by Crippen LogP contribution is -2.01. The molecule has 0 saturated carbocycles. The van der Waals surface area contributed by atoms with Crippen molar-refractivity contribution < 1.29 is 5.11 Å². The van der Waals surface area contributed by atoms with Crippen LogP contribution in [0.5, 0.6) is 5.75 Å². The van der Waals surface area contributed by atoms with E-state index in [-0.39, 0.29) is 5.75 Å². The zero-order valence-corrected chi connectivity index (χ0v) is 11.0. The molecule has 0 bridgehead atoms. The second-order valence-corrected chi connectivity index (χ2v) is 4.60. The van der Waals surface area contributed by atoms with E-state index >= 15 is 0 Å². The highest BCUT2D eigenvalue weighted by atomic mass is 79.9. The molecule has 0 fully saturated rings. The lowest BCUT2D eigenvalue weighted by Gasteiger charge is -2.09. The first-order chi connectivity index (χ1) is 8.15. The monoisotopic (exact) mass is 292 g/mol. The molecule has 88 valence electrons. The number of anilines is 1. The Hall–Kier alpha value is -1.55. The number of rotatable bonds is 3. The molecule has 17 heavy (non-hydrogen) atoms. The number of aromatic nitrogens is 1. The average Bonchev–Trinajstić information content (AvgIpc) is 2.30. The molecule has 4 heteroatoms. The molecule has 2 N–H and O–H groups in total. The molecule has 2 aromatic rings. The fourth-order valence-electron chi connectivity index (χ4n) is 1.53. The Morgan fingerprint density at radius 1 is 1.18 bits per heavy atom. The lowest BCUT2D eigenvalue weighted by molar-refractivity contribution is 0.475. The van der Waals surface area contributed by atoms with Crippen LogP contribution in [-0.2, 0) is 6.54 Å². The zero-order valence-electron chi connectivity index (χ0n) is 9.44. The topological polar surface area (TPSA) is 45.2 Å². The van der Waals surface area contributed by atoms with Gasteiger partial charge in [-0.1, -0.05) is 12.1 Å². The lowest BCUT2D eigenvalue weighted by atomic mass is 10.2. The number of pyridine rings is 1. The van der Waals surface area contributed by atoms with Crippen LogP contribution in [-0.4, -0.2) is 10.1 Å². The number of hydrogen-bond donors (Lipinski definition) is 2. The third kappa shape index (κ3) is 3.20. The van der Waals surface area contributed by atoms with Gasteiger partial charge < -0.3 is 10.4 Å². The van der Waals surface area contributed by atoms with Gasteiger partial charge in [-0.25, -0.2) is 4.98 Å². The SMILES string of the molecule is Cc1nc(Br)ccc1NCc1ccc(O)cc1. The van der Waals surface area contributed by atoms with Crippen LogP contribution in [0.15, 0.2) is 41.0 Å². The van der Waals surface area contributed by atoms with Gasteiger partial charge in [-0.05, 0) is 52.7 Å². The molecule has 0 saturated heterocycles. The average molecular weight is 293 g/mol. The van der Waals surface area contributed by atoms with Crippen LogP contribution in [0.3, 0.4) is 0 Å². The predicted octanol–water partition coefficient (Wildman–Crippen LogP) is 3.47. The van der Waals surface area contributed by atoms with Gasteiger partial charge in [0.15, 0.2) is 0 Å². The maximum absolute atomic E-state index is 9.18. The van der Waals surface area contributed by atoms with Crippen molar-refractivity contribution in [3.8, 4) is 5.75 Å². The van der Waals surface area contributed by atoms with E-state index in [1.165, 1.54) is 0 Å². The van der Waals surface area contributed by atoms with Gasteiger partial charge in [0.1, 0.15) is 10.4 Å². The quantitative estimate of drug-likeness (QED) is 0.852. The highest BCUT2D eigenvalue weighted by Crippen LogP contribution is 2.17. The van der Waals surface area contributed by atoms with Crippen molar-refractivity contribution in [2.45, 2.75) is 13.5 Å². The molecular weight excluding hydrogens is 280 g/mol. The number of hydrogen-bond acceptors (Lipinski definition) is 3. The summed E-state index contributed by atoms with van der Waals surface area (Å²) in [5.74, 6) is 0.287. The summed E-state index contributed by atoms with van der Waals surface area (Å²) in [5.41, 5.74) is 3.09. The van der Waals surface area contributed by atoms with E-state index in [1.807, 2.05) is 31.2 Å². The largest absolute Gasteiger partial charge is 0.508 e. The van der Waals surface area contributed by atoms with Crippen LogP contribution in [0.2, 0.25) is 0 Å². The molecule has 0 spiro atoms. The van der Waals surface area contributed by atoms with Crippen LogP contribution in [0.1, 0.15) is 11.3 Å². The van der Waals surface area contributed by atoms with E-state index in [0.29, 0.717) is 6.54 Å². The Balaban J connectivity index is 2.04. The smallest absolute Gasteiger partial charge is 0.115 e. The molecule has 1 aromatic heterocycles. The van der Waals surface area contributed by atoms with Crippen LogP contribution < -0.4 is 5.32 Å². The fraction of sp³-hybridized carbons (Fsp3) is 0.154. The Morgan fingerprint density at radius 3 is 2.53 bits per heavy atom. The first-order valence-corrected chi connectivity index (χ1v) is 6.09. The molecule has 3 nitrogen and oxygen atoms in total. The molecule has 2 rings (SSSR count). The summed E-state index contributed by atoms with van der Waals surface area (Å²) in [4.78, 5) is 4.31. The van der Waals surface area contributed by atoms with Gasteiger partial charge in [-0.2, -0.15) is 0 Å². The minimum absolute atomic E-state index is 0.287. The fourth-order valence-corrected chi connectivity index (χ4v) is 1.93. The Morgan fingerprint density at radius 2 is 1.88 bits per heavy atom. The van der Waals surface area contributed by atoms with Gasteiger partial charge in [0, 0.05) is 6.54 Å². The van der Waals surface area contributed by atoms with E-state index in [4.69, 9.17) is 0 Å². The maximum Gasteiger partial charge on any atom is 0.115 e. The molecule has 1 heterocycles. The third-order valence-corrected chi connectivity index (χ3v) is 2.91. The number of phenolic OH excluding ortho intramolecular Hbond substituents is 1.